The monoisotopic (exact) mass is 324 g/mol. The summed E-state index contributed by atoms with van der Waals surface area (Å²) in [5, 5.41) is 10.6. The number of anilines is 1. The molecule has 1 saturated heterocycles. The van der Waals surface area contributed by atoms with Crippen LogP contribution >= 0.6 is 0 Å². The van der Waals surface area contributed by atoms with Crippen LogP contribution in [0.15, 0.2) is 18.2 Å². The molecule has 6 nitrogen and oxygen atoms in total. The number of nitrogens with zero attached hydrogens (tertiary/aromatic N) is 2. The minimum Gasteiger partial charge on any atom is -0.460 e. The second-order valence-corrected chi connectivity index (χ2v) is 6.69. The van der Waals surface area contributed by atoms with Crippen molar-refractivity contribution in [2.75, 3.05) is 18.0 Å². The molecule has 0 atom stereocenters. The molecule has 1 aliphatic rings. The second-order valence-electron chi connectivity index (χ2n) is 6.69. The lowest BCUT2D eigenvalue weighted by molar-refractivity contribution is -0.385. The van der Waals surface area contributed by atoms with Crippen LogP contribution in [0, 0.1) is 21.8 Å². The van der Waals surface area contributed by atoms with Gasteiger partial charge >= 0.3 is 5.97 Å². The summed E-state index contributed by atoms with van der Waals surface area (Å²) in [6.07, 6.45) is 1.15. The van der Waals surface area contributed by atoms with Gasteiger partial charge in [0.15, 0.2) is 5.82 Å². The first-order valence-corrected chi connectivity index (χ1v) is 7.59. The van der Waals surface area contributed by atoms with Gasteiger partial charge in [0.1, 0.15) is 5.60 Å². The van der Waals surface area contributed by atoms with Crippen molar-refractivity contribution in [1.82, 2.24) is 0 Å². The van der Waals surface area contributed by atoms with E-state index in [1.54, 1.807) is 4.90 Å². The van der Waals surface area contributed by atoms with Crippen molar-refractivity contribution in [2.24, 2.45) is 5.92 Å². The van der Waals surface area contributed by atoms with E-state index in [1.165, 1.54) is 12.1 Å². The van der Waals surface area contributed by atoms with Crippen LogP contribution < -0.4 is 4.90 Å². The van der Waals surface area contributed by atoms with Crippen LogP contribution in [0.2, 0.25) is 0 Å². The van der Waals surface area contributed by atoms with Crippen LogP contribution in [-0.2, 0) is 9.53 Å². The highest BCUT2D eigenvalue weighted by atomic mass is 19.1. The Labute approximate surface area is 134 Å². The van der Waals surface area contributed by atoms with Gasteiger partial charge in [-0.2, -0.15) is 0 Å². The summed E-state index contributed by atoms with van der Waals surface area (Å²) in [4.78, 5) is 23.9. The molecule has 0 spiro atoms. The molecule has 0 bridgehead atoms. The smallest absolute Gasteiger partial charge is 0.309 e. The van der Waals surface area contributed by atoms with Crippen LogP contribution in [0.4, 0.5) is 15.8 Å². The number of esters is 1. The van der Waals surface area contributed by atoms with E-state index in [2.05, 4.69) is 0 Å². The summed E-state index contributed by atoms with van der Waals surface area (Å²) in [6.45, 7) is 6.50. The van der Waals surface area contributed by atoms with Crippen LogP contribution in [0.5, 0.6) is 0 Å². The van der Waals surface area contributed by atoms with Gasteiger partial charge < -0.3 is 9.64 Å². The molecule has 0 N–H and O–H groups in total. The highest BCUT2D eigenvalue weighted by molar-refractivity contribution is 5.73. The Morgan fingerprint density at radius 3 is 2.43 bits per heavy atom. The quantitative estimate of drug-likeness (QED) is 0.484. The largest absolute Gasteiger partial charge is 0.460 e. The normalized spacial score (nSPS) is 16.3. The van der Waals surface area contributed by atoms with E-state index in [4.69, 9.17) is 4.74 Å². The first-order valence-electron chi connectivity index (χ1n) is 7.59. The van der Waals surface area contributed by atoms with Crippen molar-refractivity contribution in [3.63, 3.8) is 0 Å². The Morgan fingerprint density at radius 2 is 1.96 bits per heavy atom. The molecule has 0 unspecified atom stereocenters. The van der Waals surface area contributed by atoms with Gasteiger partial charge in [-0.25, -0.2) is 4.39 Å². The molecule has 1 aromatic rings. The maximum Gasteiger partial charge on any atom is 0.309 e. The number of carbonyl (C=O) groups excluding carboxylic acids is 1. The van der Waals surface area contributed by atoms with Gasteiger partial charge in [-0.05, 0) is 39.7 Å². The van der Waals surface area contributed by atoms with Crippen molar-refractivity contribution in [3.05, 3.63) is 34.1 Å². The summed E-state index contributed by atoms with van der Waals surface area (Å²) < 4.78 is 19.4. The zero-order valence-electron chi connectivity index (χ0n) is 13.5. The molecule has 1 heterocycles. The van der Waals surface area contributed by atoms with E-state index in [0.717, 1.165) is 6.07 Å². The number of hydrogen-bond donors (Lipinski definition) is 0. The third-order valence-electron chi connectivity index (χ3n) is 3.72. The lowest BCUT2D eigenvalue weighted by atomic mass is 9.96. The van der Waals surface area contributed by atoms with Crippen molar-refractivity contribution in [2.45, 2.75) is 39.2 Å². The Bertz CT molecular complexity index is 605. The molecule has 0 radical (unpaired) electrons. The molecule has 1 fully saturated rings. The predicted molar refractivity (Wildman–Crippen MR) is 83.8 cm³/mol. The third-order valence-corrected chi connectivity index (χ3v) is 3.72. The fraction of sp³-hybridized carbons (Fsp3) is 0.562. The molecule has 126 valence electrons. The first-order chi connectivity index (χ1) is 10.7. The van der Waals surface area contributed by atoms with Gasteiger partial charge in [0, 0.05) is 19.2 Å². The van der Waals surface area contributed by atoms with Gasteiger partial charge in [0.25, 0.3) is 5.69 Å². The average molecular weight is 324 g/mol. The number of carbonyl (C=O) groups is 1. The van der Waals surface area contributed by atoms with Crippen LogP contribution in [-0.4, -0.2) is 29.6 Å². The number of nitro benzene ring substituents is 1. The van der Waals surface area contributed by atoms with Gasteiger partial charge in [-0.3, -0.25) is 14.9 Å². The van der Waals surface area contributed by atoms with E-state index in [9.17, 15) is 19.3 Å². The summed E-state index contributed by atoms with van der Waals surface area (Å²) in [5.41, 5.74) is -0.452. The van der Waals surface area contributed by atoms with E-state index in [1.807, 2.05) is 20.8 Å². The number of ether oxygens (including phenoxy) is 1. The standard InChI is InChI=1S/C16H21FN2O4/c1-16(2,3)23-15(20)11-6-8-18(9-7-11)14-5-4-12(19(21)22)10-13(14)17/h4-5,10-11H,6-9H2,1-3H3. The summed E-state index contributed by atoms with van der Waals surface area (Å²) in [5.74, 6) is -1.03. The molecule has 7 heteroatoms. The number of non-ortho nitro benzene ring substituents is 1. The second kappa shape index (κ2) is 6.52. The number of halogens is 1. The maximum atomic E-state index is 14.0. The molecule has 0 saturated carbocycles. The van der Waals surface area contributed by atoms with Crippen LogP contribution in [0.3, 0.4) is 0 Å². The highest BCUT2D eigenvalue weighted by Crippen LogP contribution is 2.29. The number of piperidine rings is 1. The van der Waals surface area contributed by atoms with E-state index >= 15 is 0 Å². The maximum absolute atomic E-state index is 14.0. The fourth-order valence-electron chi connectivity index (χ4n) is 2.61. The zero-order chi connectivity index (χ0) is 17.2. The molecular formula is C16H21FN2O4. The van der Waals surface area contributed by atoms with Crippen LogP contribution in [0.25, 0.3) is 0 Å². The molecule has 23 heavy (non-hydrogen) atoms. The Hall–Kier alpha value is -2.18. The Kier molecular flexibility index (Phi) is 4.87. The lowest BCUT2D eigenvalue weighted by Crippen LogP contribution is -2.39. The Balaban J connectivity index is 1.99. The van der Waals surface area contributed by atoms with Gasteiger partial charge in [-0.1, -0.05) is 0 Å². The number of hydrogen-bond acceptors (Lipinski definition) is 5. The SMILES string of the molecule is CC(C)(C)OC(=O)C1CCN(c2ccc([N+](=O)[O-])cc2F)CC1. The van der Waals surface area contributed by atoms with Crippen molar-refractivity contribution in [3.8, 4) is 0 Å². The Morgan fingerprint density at radius 1 is 1.35 bits per heavy atom. The van der Waals surface area contributed by atoms with Crippen molar-refractivity contribution in [1.29, 1.82) is 0 Å². The number of nitro groups is 1. The van der Waals surface area contributed by atoms with Crippen LogP contribution in [0.1, 0.15) is 33.6 Å². The van der Waals surface area contributed by atoms with Gasteiger partial charge in [0.05, 0.1) is 22.6 Å². The topological polar surface area (TPSA) is 72.7 Å². The lowest BCUT2D eigenvalue weighted by Gasteiger charge is -2.33. The van der Waals surface area contributed by atoms with Gasteiger partial charge in [-0.15, -0.1) is 0 Å². The van der Waals surface area contributed by atoms with E-state index in [0.29, 0.717) is 31.6 Å². The summed E-state index contributed by atoms with van der Waals surface area (Å²) in [7, 11) is 0. The van der Waals surface area contributed by atoms with Crippen molar-refractivity contribution >= 4 is 17.3 Å². The molecule has 0 amide bonds. The minimum atomic E-state index is -0.623. The fourth-order valence-corrected chi connectivity index (χ4v) is 2.61. The summed E-state index contributed by atoms with van der Waals surface area (Å²) in [6, 6.07) is 3.63. The zero-order valence-corrected chi connectivity index (χ0v) is 13.5. The number of benzene rings is 1. The molecule has 1 aromatic carbocycles. The van der Waals surface area contributed by atoms with E-state index in [-0.39, 0.29) is 17.6 Å². The number of rotatable bonds is 3. The molecule has 0 aliphatic carbocycles. The molecule has 1 aliphatic heterocycles. The highest BCUT2D eigenvalue weighted by Gasteiger charge is 2.30. The molecule has 0 aromatic heterocycles. The molecule has 2 rings (SSSR count). The predicted octanol–water partition coefficient (Wildman–Crippen LogP) is 3.29. The minimum absolute atomic E-state index is 0.188. The molecular weight excluding hydrogens is 303 g/mol. The van der Waals surface area contributed by atoms with E-state index < -0.39 is 16.3 Å². The van der Waals surface area contributed by atoms with Gasteiger partial charge in [0.2, 0.25) is 0 Å². The van der Waals surface area contributed by atoms with Crippen molar-refractivity contribution < 1.29 is 18.8 Å². The average Bonchev–Trinajstić information content (AvgIpc) is 2.45. The first kappa shape index (κ1) is 17.2. The third kappa shape index (κ3) is 4.40. The summed E-state index contributed by atoms with van der Waals surface area (Å²) >= 11 is 0.